The zero-order valence-corrected chi connectivity index (χ0v) is 38.2. The number of allylic oxidation sites excluding steroid dienone is 1. The van der Waals surface area contributed by atoms with E-state index in [4.69, 9.17) is 18.9 Å². The molecule has 4 rings (SSSR count). The Balaban J connectivity index is 1.24. The van der Waals surface area contributed by atoms with Crippen LogP contribution < -0.4 is 31.9 Å². The van der Waals surface area contributed by atoms with E-state index in [1.165, 1.54) is 24.3 Å². The van der Waals surface area contributed by atoms with Crippen molar-refractivity contribution in [3.8, 4) is 0 Å². The first-order valence-electron chi connectivity index (χ1n) is 21.8. The van der Waals surface area contributed by atoms with Crippen LogP contribution in [-0.2, 0) is 42.9 Å². The van der Waals surface area contributed by atoms with Crippen LogP contribution in [0.4, 0.5) is 4.79 Å². The van der Waals surface area contributed by atoms with Crippen molar-refractivity contribution in [1.29, 1.82) is 0 Å². The zero-order chi connectivity index (χ0) is 44.4. The highest BCUT2D eigenvalue weighted by atomic mass is 32.2. The zero-order valence-electron chi connectivity index (χ0n) is 37.4. The van der Waals surface area contributed by atoms with Gasteiger partial charge in [0.05, 0.1) is 42.5 Å². The average Bonchev–Trinajstić information content (AvgIpc) is 4.01. The molecule has 6 N–H and O–H groups in total. The molecule has 340 valence electrons. The molecule has 1 aliphatic carbocycles. The third kappa shape index (κ3) is 13.8. The molecular formula is C43H72N6O10S. The monoisotopic (exact) mass is 865 g/mol. The molecule has 5 amide bonds. The van der Waals surface area contributed by atoms with E-state index in [9.17, 15) is 28.8 Å². The maximum atomic E-state index is 13.4. The molecule has 3 aliphatic heterocycles. The number of carbonyl (C=O) groups excluding carboxylic acids is 6. The molecule has 3 saturated heterocycles. The summed E-state index contributed by atoms with van der Waals surface area (Å²) in [7, 11) is 0. The molecule has 4 aliphatic rings. The number of alkyl carbamates (subject to hydrolysis) is 1. The summed E-state index contributed by atoms with van der Waals surface area (Å²) in [6.45, 7) is 18.4. The highest BCUT2D eigenvalue weighted by Crippen LogP contribution is 2.60. The van der Waals surface area contributed by atoms with E-state index < -0.39 is 60.5 Å². The fraction of sp³-hybridized carbons (Fsp3) is 0.814. The van der Waals surface area contributed by atoms with E-state index in [0.29, 0.717) is 31.6 Å². The average molecular weight is 865 g/mol. The maximum absolute atomic E-state index is 13.4. The molecule has 60 heavy (non-hydrogen) atoms. The lowest BCUT2D eigenvalue weighted by molar-refractivity contribution is -0.148. The summed E-state index contributed by atoms with van der Waals surface area (Å²) in [5.74, 6) is -2.03. The minimum absolute atomic E-state index is 0.00275. The van der Waals surface area contributed by atoms with Crippen molar-refractivity contribution in [3.05, 3.63) is 11.6 Å². The lowest BCUT2D eigenvalue weighted by Gasteiger charge is -2.42. The number of nitrogens with one attached hydrogen (secondary N) is 6. The highest BCUT2D eigenvalue weighted by Gasteiger charge is 2.71. The molecule has 0 aromatic carbocycles. The molecule has 0 aromatic rings. The second kappa shape index (κ2) is 22.1. The predicted molar refractivity (Wildman–Crippen MR) is 229 cm³/mol. The summed E-state index contributed by atoms with van der Waals surface area (Å²) >= 11 is 1.49. The first-order chi connectivity index (χ1) is 28.3. The smallest absolute Gasteiger partial charge is 0.407 e. The Morgan fingerprint density at radius 3 is 2.28 bits per heavy atom. The summed E-state index contributed by atoms with van der Waals surface area (Å²) in [6, 6.07) is -3.79. The molecule has 0 radical (unpaired) electrons. The van der Waals surface area contributed by atoms with Crippen molar-refractivity contribution >= 4 is 47.5 Å². The molecule has 3 heterocycles. The van der Waals surface area contributed by atoms with Crippen LogP contribution in [-0.4, -0.2) is 128 Å². The van der Waals surface area contributed by atoms with Gasteiger partial charge >= 0.3 is 12.1 Å². The maximum Gasteiger partial charge on any atom is 0.407 e. The number of amides is 5. The largest absolute Gasteiger partial charge is 0.462 e. The molecule has 16 nitrogen and oxygen atoms in total. The van der Waals surface area contributed by atoms with Crippen molar-refractivity contribution < 1.29 is 47.7 Å². The van der Waals surface area contributed by atoms with Crippen LogP contribution in [0.2, 0.25) is 0 Å². The number of rotatable bonds is 22. The van der Waals surface area contributed by atoms with Gasteiger partial charge in [-0.15, -0.1) is 0 Å². The summed E-state index contributed by atoms with van der Waals surface area (Å²) in [4.78, 5) is 78.6. The lowest BCUT2D eigenvalue weighted by atomic mass is 9.64. The number of ether oxygens (including phenoxy) is 4. The standard InChI is InChI=1S/C43H72N6O10S/c1-24(2)13-14-34-42(9,59-34)36-27(7)33(15-17-43(36)23-57-43)58-41(55)49-32(26(5)6)22-56-40(54)28(8)46-39(53)30(16-19-60-10)47-35(50)21-45-37(51)31(20-25(3)4)48-38(52)29-12-11-18-44-29/h13,25-34,36,44H,11-12,14-23H2,1-10H3,(H,45,51)(H,46,53)(H,47,50)(H,48,52)(H,49,55)/t27-,28+,29+,30+,31+,32+,33-,34-,36-,42+,43+/m1/s1. The van der Waals surface area contributed by atoms with Crippen LogP contribution >= 0.6 is 11.8 Å². The Morgan fingerprint density at radius 1 is 0.967 bits per heavy atom. The summed E-state index contributed by atoms with van der Waals surface area (Å²) in [5.41, 5.74) is 0.644. The van der Waals surface area contributed by atoms with Gasteiger partial charge in [0.25, 0.3) is 0 Å². The third-order valence-electron chi connectivity index (χ3n) is 12.3. The molecule has 1 saturated carbocycles. The molecule has 0 bridgehead atoms. The molecular weight excluding hydrogens is 793 g/mol. The molecule has 11 atom stereocenters. The van der Waals surface area contributed by atoms with E-state index in [1.54, 1.807) is 0 Å². The summed E-state index contributed by atoms with van der Waals surface area (Å²) in [5, 5.41) is 16.7. The Hall–Kier alpha value is -3.41. The first-order valence-corrected chi connectivity index (χ1v) is 23.2. The van der Waals surface area contributed by atoms with Crippen molar-refractivity contribution in [3.63, 3.8) is 0 Å². The number of hydrogen-bond acceptors (Lipinski definition) is 12. The topological polar surface area (TPSA) is 218 Å². The Kier molecular flexibility index (Phi) is 18.1. The molecule has 17 heteroatoms. The van der Waals surface area contributed by atoms with Gasteiger partial charge in [-0.25, -0.2) is 9.59 Å². The van der Waals surface area contributed by atoms with E-state index in [1.807, 2.05) is 34.0 Å². The van der Waals surface area contributed by atoms with Gasteiger partial charge in [-0.05, 0) is 103 Å². The van der Waals surface area contributed by atoms with Gasteiger partial charge in [-0.3, -0.25) is 19.2 Å². The van der Waals surface area contributed by atoms with Crippen LogP contribution in [0.1, 0.15) is 107 Å². The van der Waals surface area contributed by atoms with Gasteiger partial charge in [-0.2, -0.15) is 11.8 Å². The minimum Gasteiger partial charge on any atom is -0.462 e. The SMILES string of the molecule is CSCC[C@H](NC(=O)CNC(=O)[C@H](CC(C)C)NC(=O)[C@@H]1CCCN1)C(=O)N[C@@H](C)C(=O)OC[C@H](NC(=O)O[C@@H]1CC[C@]2(CO2)[C@@H]([C@@]2(C)O[C@@H]2CC=C(C)C)[C@@H]1C)C(C)C. The van der Waals surface area contributed by atoms with Gasteiger partial charge in [0.2, 0.25) is 23.6 Å². The Labute approximate surface area is 360 Å². The fourth-order valence-corrected chi connectivity index (χ4v) is 9.09. The van der Waals surface area contributed by atoms with Crippen molar-refractivity contribution in [2.75, 3.05) is 38.3 Å². The number of hydrogen-bond donors (Lipinski definition) is 6. The second-order valence-electron chi connectivity index (χ2n) is 18.3. The molecule has 4 fully saturated rings. The molecule has 1 spiro atoms. The van der Waals surface area contributed by atoms with Gasteiger partial charge in [-0.1, -0.05) is 46.3 Å². The van der Waals surface area contributed by atoms with Crippen LogP contribution in [0.25, 0.3) is 0 Å². The normalized spacial score (nSPS) is 28.8. The van der Waals surface area contributed by atoms with Gasteiger partial charge < -0.3 is 50.8 Å². The van der Waals surface area contributed by atoms with Crippen molar-refractivity contribution in [1.82, 2.24) is 31.9 Å². The lowest BCUT2D eigenvalue weighted by Crippen LogP contribution is -2.55. The first kappa shape index (κ1) is 49.2. The second-order valence-corrected chi connectivity index (χ2v) is 19.3. The van der Waals surface area contributed by atoms with Crippen molar-refractivity contribution in [2.24, 2.45) is 23.7 Å². The Morgan fingerprint density at radius 2 is 1.68 bits per heavy atom. The molecule has 0 unspecified atom stereocenters. The summed E-state index contributed by atoms with van der Waals surface area (Å²) in [6.07, 6.45) is 7.73. The number of thioether (sulfide) groups is 1. The van der Waals surface area contributed by atoms with E-state index in [0.717, 1.165) is 25.8 Å². The number of epoxide rings is 2. The van der Waals surface area contributed by atoms with Gasteiger partial charge in [0.1, 0.15) is 30.8 Å². The Bertz CT molecular complexity index is 1550. The molecule has 0 aromatic heterocycles. The van der Waals surface area contributed by atoms with Crippen molar-refractivity contribution in [2.45, 2.75) is 161 Å². The fourth-order valence-electron chi connectivity index (χ4n) is 8.61. The van der Waals surface area contributed by atoms with Crippen LogP contribution in [0.5, 0.6) is 0 Å². The van der Waals surface area contributed by atoms with E-state index in [-0.39, 0.29) is 72.1 Å². The number of carbonyl (C=O) groups is 6. The summed E-state index contributed by atoms with van der Waals surface area (Å²) < 4.78 is 23.9. The van der Waals surface area contributed by atoms with Crippen LogP contribution in [0.3, 0.4) is 0 Å². The number of esters is 1. The quantitative estimate of drug-likeness (QED) is 0.0526. The van der Waals surface area contributed by atoms with Gasteiger partial charge in [0.15, 0.2) is 0 Å². The highest BCUT2D eigenvalue weighted by molar-refractivity contribution is 7.98. The minimum atomic E-state index is -1.07. The third-order valence-corrected chi connectivity index (χ3v) is 12.9. The van der Waals surface area contributed by atoms with E-state index in [2.05, 4.69) is 65.7 Å². The predicted octanol–water partition coefficient (Wildman–Crippen LogP) is 3.12. The van der Waals surface area contributed by atoms with Crippen LogP contribution in [0, 0.1) is 23.7 Å². The van der Waals surface area contributed by atoms with Gasteiger partial charge in [0, 0.05) is 11.8 Å². The van der Waals surface area contributed by atoms with E-state index >= 15 is 0 Å². The van der Waals surface area contributed by atoms with Crippen LogP contribution in [0.15, 0.2) is 11.6 Å².